The van der Waals surface area contributed by atoms with E-state index >= 15 is 0 Å². The van der Waals surface area contributed by atoms with Crippen molar-refractivity contribution in [2.24, 2.45) is 5.73 Å². The number of benzene rings is 2. The Kier molecular flexibility index (Phi) is 5.92. The fraction of sp³-hybridized carbons (Fsp3) is 0.167. The van der Waals surface area contributed by atoms with Crippen LogP contribution in [0.15, 0.2) is 71.4 Å². The lowest BCUT2D eigenvalue weighted by atomic mass is 9.83. The monoisotopic (exact) mass is 432 g/mol. The van der Waals surface area contributed by atoms with Crippen LogP contribution in [-0.4, -0.2) is 12.6 Å². The Balaban J connectivity index is 1.69. The number of fused-ring (bicyclic) bond motifs is 1. The SMILES string of the molecule is CCCOc1cccc(C2C(C#N)=C(N)Oc3cc(OC(=O)c4cccs4)ccc32)c1. The number of hydrogen-bond donors (Lipinski definition) is 1. The summed E-state index contributed by atoms with van der Waals surface area (Å²) < 4.78 is 16.9. The zero-order valence-corrected chi connectivity index (χ0v) is 17.6. The normalized spacial score (nSPS) is 14.9. The van der Waals surface area contributed by atoms with Crippen LogP contribution in [0.2, 0.25) is 0 Å². The van der Waals surface area contributed by atoms with E-state index in [1.165, 1.54) is 11.3 Å². The van der Waals surface area contributed by atoms with Crippen molar-refractivity contribution in [3.8, 4) is 23.3 Å². The molecule has 0 saturated heterocycles. The third kappa shape index (κ3) is 4.25. The Bertz CT molecular complexity index is 1180. The molecule has 0 bridgehead atoms. The predicted octanol–water partition coefficient (Wildman–Crippen LogP) is 4.97. The van der Waals surface area contributed by atoms with E-state index in [2.05, 4.69) is 6.07 Å². The van der Waals surface area contributed by atoms with Crippen LogP contribution >= 0.6 is 11.3 Å². The Labute approximate surface area is 184 Å². The van der Waals surface area contributed by atoms with Crippen LogP contribution < -0.4 is 19.9 Å². The van der Waals surface area contributed by atoms with Crippen LogP contribution in [0.4, 0.5) is 0 Å². The summed E-state index contributed by atoms with van der Waals surface area (Å²) in [5.74, 6) is 0.679. The van der Waals surface area contributed by atoms with E-state index in [0.29, 0.717) is 28.6 Å². The second kappa shape index (κ2) is 8.94. The van der Waals surface area contributed by atoms with Gasteiger partial charge in [-0.3, -0.25) is 0 Å². The van der Waals surface area contributed by atoms with E-state index in [0.717, 1.165) is 23.3 Å². The number of nitriles is 1. The van der Waals surface area contributed by atoms with Gasteiger partial charge in [0.2, 0.25) is 5.88 Å². The van der Waals surface area contributed by atoms with Gasteiger partial charge in [-0.05, 0) is 41.6 Å². The van der Waals surface area contributed by atoms with Crippen molar-refractivity contribution in [2.45, 2.75) is 19.3 Å². The Morgan fingerprint density at radius 1 is 1.19 bits per heavy atom. The van der Waals surface area contributed by atoms with Gasteiger partial charge in [0.15, 0.2) is 0 Å². The van der Waals surface area contributed by atoms with E-state index < -0.39 is 11.9 Å². The first kappa shape index (κ1) is 20.5. The highest BCUT2D eigenvalue weighted by Crippen LogP contribution is 2.44. The smallest absolute Gasteiger partial charge is 0.353 e. The minimum atomic E-state index is -0.440. The first-order valence-electron chi connectivity index (χ1n) is 9.80. The van der Waals surface area contributed by atoms with E-state index in [9.17, 15) is 10.1 Å². The topological polar surface area (TPSA) is 94.6 Å². The van der Waals surface area contributed by atoms with Crippen molar-refractivity contribution in [1.29, 1.82) is 5.26 Å². The van der Waals surface area contributed by atoms with Crippen molar-refractivity contribution in [1.82, 2.24) is 0 Å². The summed E-state index contributed by atoms with van der Waals surface area (Å²) in [6.45, 7) is 2.65. The molecule has 2 N–H and O–H groups in total. The zero-order chi connectivity index (χ0) is 21.8. The molecule has 1 aliphatic heterocycles. The summed E-state index contributed by atoms with van der Waals surface area (Å²) in [7, 11) is 0. The number of carbonyl (C=O) groups excluding carboxylic acids is 1. The van der Waals surface area contributed by atoms with Gasteiger partial charge in [-0.2, -0.15) is 5.26 Å². The molecule has 4 rings (SSSR count). The summed E-state index contributed by atoms with van der Waals surface area (Å²) in [5.41, 5.74) is 8.02. The molecule has 31 heavy (non-hydrogen) atoms. The number of thiophene rings is 1. The first-order chi connectivity index (χ1) is 15.1. The van der Waals surface area contributed by atoms with E-state index in [-0.39, 0.29) is 5.88 Å². The molecule has 7 heteroatoms. The highest BCUT2D eigenvalue weighted by molar-refractivity contribution is 7.12. The lowest BCUT2D eigenvalue weighted by molar-refractivity contribution is 0.0739. The Hall–Kier alpha value is -3.76. The largest absolute Gasteiger partial charge is 0.494 e. The fourth-order valence-electron chi connectivity index (χ4n) is 3.40. The van der Waals surface area contributed by atoms with Crippen LogP contribution in [0.25, 0.3) is 0 Å². The molecule has 2 heterocycles. The van der Waals surface area contributed by atoms with Crippen LogP contribution in [0.5, 0.6) is 17.2 Å². The average Bonchev–Trinajstić information content (AvgIpc) is 3.32. The summed E-state index contributed by atoms with van der Waals surface area (Å²) in [4.78, 5) is 12.8. The minimum Gasteiger partial charge on any atom is -0.494 e. The van der Waals surface area contributed by atoms with Gasteiger partial charge >= 0.3 is 5.97 Å². The molecule has 0 saturated carbocycles. The Morgan fingerprint density at radius 3 is 2.81 bits per heavy atom. The molecule has 3 aromatic rings. The number of carbonyl (C=O) groups is 1. The second-order valence-electron chi connectivity index (χ2n) is 6.91. The second-order valence-corrected chi connectivity index (χ2v) is 7.86. The maximum atomic E-state index is 12.3. The molecule has 1 aliphatic rings. The van der Waals surface area contributed by atoms with E-state index in [1.54, 1.807) is 30.3 Å². The number of nitrogens with zero attached hydrogens (tertiary/aromatic N) is 1. The number of nitrogens with two attached hydrogens (primary N) is 1. The van der Waals surface area contributed by atoms with Gasteiger partial charge in [0.05, 0.1) is 12.5 Å². The minimum absolute atomic E-state index is 0.0293. The third-order valence-corrected chi connectivity index (χ3v) is 5.64. The average molecular weight is 433 g/mol. The van der Waals surface area contributed by atoms with Crippen LogP contribution in [0.1, 0.15) is 40.1 Å². The molecular weight excluding hydrogens is 412 g/mol. The van der Waals surface area contributed by atoms with Crippen molar-refractivity contribution in [3.63, 3.8) is 0 Å². The van der Waals surface area contributed by atoms with Gasteiger partial charge in [-0.1, -0.05) is 31.2 Å². The molecule has 0 radical (unpaired) electrons. The summed E-state index contributed by atoms with van der Waals surface area (Å²) in [6, 6.07) is 18.4. The Morgan fingerprint density at radius 2 is 2.06 bits per heavy atom. The number of rotatable bonds is 6. The summed E-state index contributed by atoms with van der Waals surface area (Å²) in [5, 5.41) is 11.6. The van der Waals surface area contributed by atoms with Crippen molar-refractivity contribution < 1.29 is 19.0 Å². The molecule has 0 spiro atoms. The van der Waals surface area contributed by atoms with Crippen LogP contribution in [0.3, 0.4) is 0 Å². The van der Waals surface area contributed by atoms with Crippen LogP contribution in [-0.2, 0) is 0 Å². The molecule has 1 unspecified atom stereocenters. The van der Waals surface area contributed by atoms with Gasteiger partial charge in [-0.15, -0.1) is 11.3 Å². The van der Waals surface area contributed by atoms with Crippen molar-refractivity contribution >= 4 is 17.3 Å². The maximum Gasteiger partial charge on any atom is 0.353 e. The number of hydrogen-bond acceptors (Lipinski definition) is 7. The number of esters is 1. The fourth-order valence-corrected chi connectivity index (χ4v) is 4.00. The molecule has 0 aliphatic carbocycles. The third-order valence-electron chi connectivity index (χ3n) is 4.79. The maximum absolute atomic E-state index is 12.3. The number of allylic oxidation sites excluding steroid dienone is 1. The zero-order valence-electron chi connectivity index (χ0n) is 16.8. The van der Waals surface area contributed by atoms with Gasteiger partial charge in [0.25, 0.3) is 0 Å². The van der Waals surface area contributed by atoms with E-state index in [1.807, 2.05) is 36.6 Å². The highest BCUT2D eigenvalue weighted by Gasteiger charge is 2.31. The van der Waals surface area contributed by atoms with Gasteiger partial charge in [0, 0.05) is 11.6 Å². The summed E-state index contributed by atoms with van der Waals surface area (Å²) >= 11 is 1.31. The lowest BCUT2D eigenvalue weighted by Crippen LogP contribution is -2.21. The predicted molar refractivity (Wildman–Crippen MR) is 117 cm³/mol. The van der Waals surface area contributed by atoms with Crippen LogP contribution in [0, 0.1) is 11.3 Å². The molecule has 0 amide bonds. The van der Waals surface area contributed by atoms with Crippen molar-refractivity contribution in [3.05, 3.63) is 87.4 Å². The molecule has 2 aromatic carbocycles. The summed E-state index contributed by atoms with van der Waals surface area (Å²) in [6.07, 6.45) is 0.896. The first-order valence-corrected chi connectivity index (χ1v) is 10.7. The van der Waals surface area contributed by atoms with Gasteiger partial charge in [0.1, 0.15) is 33.8 Å². The lowest BCUT2D eigenvalue weighted by Gasteiger charge is -2.27. The standard InChI is InChI=1S/C24H20N2O4S/c1-2-10-28-16-6-3-5-15(12-16)22-18-9-8-17(29-24(27)21-7-4-11-31-21)13-20(18)30-23(26)19(22)14-25/h3-9,11-13,22H,2,10,26H2,1H3. The van der Waals surface area contributed by atoms with E-state index in [4.69, 9.17) is 19.9 Å². The van der Waals surface area contributed by atoms with Crippen molar-refractivity contribution in [2.75, 3.05) is 6.61 Å². The molecule has 156 valence electrons. The van der Waals surface area contributed by atoms with Gasteiger partial charge < -0.3 is 19.9 Å². The molecule has 0 fully saturated rings. The molecular formula is C24H20N2O4S. The highest BCUT2D eigenvalue weighted by atomic mass is 32.1. The molecule has 1 aromatic heterocycles. The van der Waals surface area contributed by atoms with Gasteiger partial charge in [-0.25, -0.2) is 4.79 Å². The quantitative estimate of drug-likeness (QED) is 0.436. The molecule has 1 atom stereocenters. The number of ether oxygens (including phenoxy) is 3. The molecule has 6 nitrogen and oxygen atoms in total.